The minimum absolute atomic E-state index is 0.0825. The van der Waals surface area contributed by atoms with E-state index in [1.165, 1.54) is 11.1 Å². The van der Waals surface area contributed by atoms with Crippen LogP contribution in [-0.2, 0) is 6.42 Å². The van der Waals surface area contributed by atoms with E-state index in [9.17, 15) is 4.79 Å². The van der Waals surface area contributed by atoms with Crippen molar-refractivity contribution in [3.63, 3.8) is 0 Å². The molecule has 3 unspecified atom stereocenters. The first-order valence-corrected chi connectivity index (χ1v) is 8.29. The highest BCUT2D eigenvalue weighted by molar-refractivity contribution is 5.93. The third kappa shape index (κ3) is 2.07. The summed E-state index contributed by atoms with van der Waals surface area (Å²) in [6.45, 7) is 0. The van der Waals surface area contributed by atoms with Crippen molar-refractivity contribution in [2.75, 3.05) is 0 Å². The third-order valence-electron chi connectivity index (χ3n) is 5.21. The molecule has 3 atom stereocenters. The maximum absolute atomic E-state index is 12.6. The van der Waals surface area contributed by atoms with Crippen molar-refractivity contribution in [2.24, 2.45) is 5.92 Å². The molecule has 4 heteroatoms. The van der Waals surface area contributed by atoms with E-state index < -0.39 is 0 Å². The van der Waals surface area contributed by atoms with Gasteiger partial charge in [-0.15, -0.1) is 0 Å². The molecule has 1 N–H and O–H groups in total. The van der Waals surface area contributed by atoms with Crippen LogP contribution in [0.3, 0.4) is 0 Å². The van der Waals surface area contributed by atoms with Gasteiger partial charge in [0.15, 0.2) is 0 Å². The normalized spacial score (nSPS) is 23.4. The predicted molar refractivity (Wildman–Crippen MR) is 91.2 cm³/mol. The molecule has 0 bridgehead atoms. The maximum Gasteiger partial charge on any atom is 0.270 e. The summed E-state index contributed by atoms with van der Waals surface area (Å²) in [4.78, 5) is 16.8. The minimum Gasteiger partial charge on any atom is -0.347 e. The van der Waals surface area contributed by atoms with Gasteiger partial charge in [0.2, 0.25) is 0 Å². The van der Waals surface area contributed by atoms with E-state index in [0.717, 1.165) is 12.1 Å². The summed E-state index contributed by atoms with van der Waals surface area (Å²) in [6, 6.07) is 16.5. The number of rotatable bonds is 3. The Bertz CT molecular complexity index is 916. The highest BCUT2D eigenvalue weighted by Gasteiger charge is 2.56. The molecular formula is C20H17N3O. The van der Waals surface area contributed by atoms with E-state index in [4.69, 9.17) is 0 Å². The van der Waals surface area contributed by atoms with Gasteiger partial charge in [-0.3, -0.25) is 9.78 Å². The third-order valence-corrected chi connectivity index (χ3v) is 5.21. The molecule has 0 saturated heterocycles. The first-order chi connectivity index (χ1) is 11.8. The van der Waals surface area contributed by atoms with Crippen molar-refractivity contribution in [3.8, 4) is 5.69 Å². The Hall–Kier alpha value is -2.88. The van der Waals surface area contributed by atoms with E-state index in [1.54, 1.807) is 6.20 Å². The van der Waals surface area contributed by atoms with Crippen LogP contribution in [0.5, 0.6) is 0 Å². The molecule has 4 nitrogen and oxygen atoms in total. The summed E-state index contributed by atoms with van der Waals surface area (Å²) in [5.41, 5.74) is 4.26. The van der Waals surface area contributed by atoms with E-state index in [-0.39, 0.29) is 11.9 Å². The second-order valence-corrected chi connectivity index (χ2v) is 6.58. The summed E-state index contributed by atoms with van der Waals surface area (Å²) < 4.78 is 1.97. The number of hydrogen-bond donors (Lipinski definition) is 1. The van der Waals surface area contributed by atoms with Crippen LogP contribution >= 0.6 is 0 Å². The van der Waals surface area contributed by atoms with Crippen molar-refractivity contribution in [3.05, 3.63) is 83.9 Å². The van der Waals surface area contributed by atoms with Gasteiger partial charge in [0.25, 0.3) is 5.91 Å². The average molecular weight is 315 g/mol. The van der Waals surface area contributed by atoms with E-state index in [0.29, 0.717) is 17.5 Å². The van der Waals surface area contributed by atoms with Crippen molar-refractivity contribution < 1.29 is 4.79 Å². The molecule has 2 aliphatic rings. The van der Waals surface area contributed by atoms with E-state index in [1.807, 2.05) is 41.2 Å². The van der Waals surface area contributed by atoms with Crippen LogP contribution in [0.1, 0.15) is 27.5 Å². The largest absolute Gasteiger partial charge is 0.347 e. The number of fused-ring (bicyclic) bond motifs is 3. The molecule has 118 valence electrons. The van der Waals surface area contributed by atoms with Gasteiger partial charge in [0.05, 0.1) is 0 Å². The van der Waals surface area contributed by atoms with Gasteiger partial charge in [-0.05, 0) is 47.7 Å². The number of carbonyl (C=O) groups is 1. The predicted octanol–water partition coefficient (Wildman–Crippen LogP) is 2.94. The van der Waals surface area contributed by atoms with Crippen molar-refractivity contribution in [1.29, 1.82) is 0 Å². The molecule has 1 aromatic carbocycles. The summed E-state index contributed by atoms with van der Waals surface area (Å²) in [5.74, 6) is 0.956. The smallest absolute Gasteiger partial charge is 0.270 e. The number of nitrogens with zero attached hydrogens (tertiary/aromatic N) is 2. The lowest BCUT2D eigenvalue weighted by atomic mass is 10.1. The molecule has 1 amide bonds. The summed E-state index contributed by atoms with van der Waals surface area (Å²) in [7, 11) is 0. The lowest BCUT2D eigenvalue weighted by Crippen LogP contribution is -2.29. The monoisotopic (exact) mass is 315 g/mol. The van der Waals surface area contributed by atoms with Gasteiger partial charge < -0.3 is 9.88 Å². The molecule has 2 heterocycles. The van der Waals surface area contributed by atoms with Crippen molar-refractivity contribution >= 4 is 5.91 Å². The molecule has 1 fully saturated rings. The summed E-state index contributed by atoms with van der Waals surface area (Å²) in [6.07, 6.45) is 6.67. The summed E-state index contributed by atoms with van der Waals surface area (Å²) in [5, 5.41) is 3.17. The highest BCUT2D eigenvalue weighted by Crippen LogP contribution is 2.56. The molecule has 1 saturated carbocycles. The molecule has 2 aromatic heterocycles. The van der Waals surface area contributed by atoms with Crippen LogP contribution in [-0.4, -0.2) is 21.5 Å². The van der Waals surface area contributed by atoms with Gasteiger partial charge in [0, 0.05) is 36.2 Å². The molecule has 5 rings (SSSR count). The number of nitrogens with one attached hydrogen (secondary N) is 1. The minimum atomic E-state index is -0.0825. The number of carbonyl (C=O) groups excluding carboxylic acids is 1. The molecule has 0 spiro atoms. The molecule has 24 heavy (non-hydrogen) atoms. The molecule has 3 aromatic rings. The topological polar surface area (TPSA) is 46.9 Å². The van der Waals surface area contributed by atoms with Crippen LogP contribution in [0.2, 0.25) is 0 Å². The standard InChI is InChI=1S/C20H17N3O/c24-20(17-12-14(7-8-21-17)23-9-3-4-10-23)22-19-16-11-13-5-1-2-6-15(13)18(16)19/h1-10,12,16,18-19H,11H2,(H,22,24). The zero-order chi connectivity index (χ0) is 16.1. The lowest BCUT2D eigenvalue weighted by molar-refractivity contribution is 0.0943. The molecule has 0 aliphatic heterocycles. The zero-order valence-electron chi connectivity index (χ0n) is 13.1. The Morgan fingerprint density at radius 1 is 1.12 bits per heavy atom. The van der Waals surface area contributed by atoms with Crippen LogP contribution in [0.15, 0.2) is 67.1 Å². The Morgan fingerprint density at radius 3 is 2.83 bits per heavy atom. The zero-order valence-corrected chi connectivity index (χ0v) is 13.1. The fourth-order valence-electron chi connectivity index (χ4n) is 3.98. The van der Waals surface area contributed by atoms with Gasteiger partial charge in [-0.25, -0.2) is 0 Å². The lowest BCUT2D eigenvalue weighted by Gasteiger charge is -2.10. The number of pyridine rings is 1. The van der Waals surface area contributed by atoms with Crippen LogP contribution in [0, 0.1) is 5.92 Å². The average Bonchev–Trinajstić information content (AvgIpc) is 3.02. The van der Waals surface area contributed by atoms with Gasteiger partial charge in [-0.2, -0.15) is 0 Å². The number of aromatic nitrogens is 2. The second-order valence-electron chi connectivity index (χ2n) is 6.58. The van der Waals surface area contributed by atoms with E-state index in [2.05, 4.69) is 34.6 Å². The Morgan fingerprint density at radius 2 is 1.96 bits per heavy atom. The maximum atomic E-state index is 12.6. The van der Waals surface area contributed by atoms with Gasteiger partial charge in [-0.1, -0.05) is 24.3 Å². The fraction of sp³-hybridized carbons (Fsp3) is 0.200. The first-order valence-electron chi connectivity index (χ1n) is 8.29. The molecule has 2 aliphatic carbocycles. The quantitative estimate of drug-likeness (QED) is 0.808. The second kappa shape index (κ2) is 5.06. The Labute approximate surface area is 140 Å². The van der Waals surface area contributed by atoms with E-state index >= 15 is 0 Å². The summed E-state index contributed by atoms with van der Waals surface area (Å²) >= 11 is 0. The van der Waals surface area contributed by atoms with Crippen LogP contribution in [0.4, 0.5) is 0 Å². The van der Waals surface area contributed by atoms with Crippen molar-refractivity contribution in [1.82, 2.24) is 14.9 Å². The van der Waals surface area contributed by atoms with Gasteiger partial charge in [0.1, 0.15) is 5.69 Å². The van der Waals surface area contributed by atoms with Gasteiger partial charge >= 0.3 is 0 Å². The highest BCUT2D eigenvalue weighted by atomic mass is 16.2. The Balaban J connectivity index is 1.34. The first kappa shape index (κ1) is 13.5. The SMILES string of the molecule is O=C(NC1C2Cc3ccccc3C21)c1cc(-n2cccc2)ccn1. The molecular weight excluding hydrogens is 298 g/mol. The number of hydrogen-bond acceptors (Lipinski definition) is 2. The number of benzene rings is 1. The van der Waals surface area contributed by atoms with Crippen LogP contribution < -0.4 is 5.32 Å². The van der Waals surface area contributed by atoms with Crippen molar-refractivity contribution in [2.45, 2.75) is 18.4 Å². The molecule has 0 radical (unpaired) electrons. The van der Waals surface area contributed by atoms with Crippen LogP contribution in [0.25, 0.3) is 5.69 Å². The Kier molecular flexibility index (Phi) is 2.86. The number of amides is 1. The fourth-order valence-corrected chi connectivity index (χ4v) is 3.98.